The lowest BCUT2D eigenvalue weighted by Crippen LogP contribution is -2.13. The Kier molecular flexibility index (Phi) is 4.56. The number of thiophene rings is 1. The molecule has 3 aromatic carbocycles. The monoisotopic (exact) mass is 378 g/mol. The second kappa shape index (κ2) is 7.17. The van der Waals surface area contributed by atoms with Gasteiger partial charge in [0.1, 0.15) is 0 Å². The lowest BCUT2D eigenvalue weighted by molar-refractivity contribution is -0.482. The minimum atomic E-state index is -0.539. The standard InChI is InChI=1S/C21H16NO4S/c23-21(26-13-12-22(24)25)15-6-5-7-16(14-15)27-19-10-3-1-8-17(19)18-9-2-4-11-20(18)27/h1-11,14H,12-13H2/q+1. The molecule has 0 amide bonds. The van der Waals surface area contributed by atoms with Gasteiger partial charge in [0, 0.05) is 32.2 Å². The third-order valence-electron chi connectivity index (χ3n) is 4.32. The summed E-state index contributed by atoms with van der Waals surface area (Å²) in [6.45, 7) is -0.621. The SMILES string of the molecule is O=C(OCC[N+](=O)[O-])c1cccc(-[s+]2c3ccccc3c3ccccc32)c1. The molecule has 0 saturated heterocycles. The Morgan fingerprint density at radius 1 is 0.926 bits per heavy atom. The number of ether oxygens (including phenoxy) is 1. The normalized spacial score (nSPS) is 11.0. The number of nitrogens with zero attached hydrogens (tertiary/aromatic N) is 1. The number of nitro groups is 1. The van der Waals surface area contributed by atoms with E-state index in [4.69, 9.17) is 4.74 Å². The Labute approximate surface area is 157 Å². The van der Waals surface area contributed by atoms with E-state index in [0.717, 1.165) is 4.90 Å². The fraction of sp³-hybridized carbons (Fsp3) is 0.0952. The molecule has 134 valence electrons. The molecule has 0 radical (unpaired) electrons. The van der Waals surface area contributed by atoms with Crippen molar-refractivity contribution in [1.82, 2.24) is 0 Å². The van der Waals surface area contributed by atoms with Crippen molar-refractivity contribution in [2.75, 3.05) is 13.2 Å². The molecule has 0 spiro atoms. The van der Waals surface area contributed by atoms with E-state index in [-0.39, 0.29) is 17.1 Å². The quantitative estimate of drug-likeness (QED) is 0.208. The molecule has 1 heterocycles. The number of benzene rings is 3. The minimum absolute atomic E-state index is 0.229. The third-order valence-corrected chi connectivity index (χ3v) is 6.63. The molecule has 0 aliphatic carbocycles. The van der Waals surface area contributed by atoms with Crippen LogP contribution in [0.4, 0.5) is 0 Å². The molecule has 0 fully saturated rings. The molecule has 4 rings (SSSR count). The van der Waals surface area contributed by atoms with Gasteiger partial charge in [0.15, 0.2) is 20.9 Å². The van der Waals surface area contributed by atoms with Gasteiger partial charge in [-0.25, -0.2) is 4.79 Å². The predicted octanol–water partition coefficient (Wildman–Crippen LogP) is 5.16. The smallest absolute Gasteiger partial charge is 0.338 e. The summed E-state index contributed by atoms with van der Waals surface area (Å²) in [5, 5.41) is 12.8. The number of fused-ring (bicyclic) bond motifs is 3. The van der Waals surface area contributed by atoms with E-state index in [1.807, 2.05) is 42.5 Å². The van der Waals surface area contributed by atoms with Crippen molar-refractivity contribution in [3.8, 4) is 4.90 Å². The first-order valence-corrected chi connectivity index (χ1v) is 9.69. The van der Waals surface area contributed by atoms with Crippen LogP contribution in [0.5, 0.6) is 0 Å². The maximum Gasteiger partial charge on any atom is 0.338 e. The number of rotatable bonds is 5. The van der Waals surface area contributed by atoms with Crippen LogP contribution in [0, 0.1) is 10.1 Å². The zero-order chi connectivity index (χ0) is 18.8. The molecular formula is C21H16NO4S+. The largest absolute Gasteiger partial charge is 0.455 e. The van der Waals surface area contributed by atoms with Crippen molar-refractivity contribution in [3.05, 3.63) is 88.5 Å². The van der Waals surface area contributed by atoms with Gasteiger partial charge in [-0.2, -0.15) is 0 Å². The average molecular weight is 378 g/mol. The summed E-state index contributed by atoms with van der Waals surface area (Å²) < 4.78 is 7.49. The predicted molar refractivity (Wildman–Crippen MR) is 107 cm³/mol. The van der Waals surface area contributed by atoms with Gasteiger partial charge in [-0.15, -0.1) is 0 Å². The Bertz CT molecular complexity index is 1110. The van der Waals surface area contributed by atoms with Crippen LogP contribution in [0.2, 0.25) is 0 Å². The van der Waals surface area contributed by atoms with Crippen molar-refractivity contribution in [2.24, 2.45) is 0 Å². The molecule has 4 aromatic rings. The van der Waals surface area contributed by atoms with Crippen LogP contribution in [-0.2, 0) is 4.74 Å². The fourth-order valence-electron chi connectivity index (χ4n) is 3.15. The lowest BCUT2D eigenvalue weighted by Gasteiger charge is -2.02. The number of hydrogen-bond donors (Lipinski definition) is 0. The van der Waals surface area contributed by atoms with Crippen molar-refractivity contribution < 1.29 is 14.5 Å². The maximum atomic E-state index is 12.2. The third kappa shape index (κ3) is 3.27. The molecule has 0 N–H and O–H groups in total. The molecule has 6 heteroatoms. The van der Waals surface area contributed by atoms with Crippen LogP contribution in [0.25, 0.3) is 25.1 Å². The fourth-order valence-corrected chi connectivity index (χ4v) is 5.58. The van der Waals surface area contributed by atoms with Gasteiger partial charge in [0.2, 0.25) is 6.54 Å². The van der Waals surface area contributed by atoms with Gasteiger partial charge in [-0.05, 0) is 36.4 Å². The molecule has 0 atom stereocenters. The molecule has 0 unspecified atom stereocenters. The van der Waals surface area contributed by atoms with Gasteiger partial charge >= 0.3 is 5.97 Å². The first-order chi connectivity index (χ1) is 13.1. The summed E-state index contributed by atoms with van der Waals surface area (Å²) in [4.78, 5) is 23.2. The number of carbonyl (C=O) groups excluding carboxylic acids is 1. The Morgan fingerprint density at radius 2 is 1.56 bits per heavy atom. The number of hydrogen-bond acceptors (Lipinski definition) is 4. The lowest BCUT2D eigenvalue weighted by atomic mass is 10.2. The van der Waals surface area contributed by atoms with Crippen molar-refractivity contribution in [1.29, 1.82) is 0 Å². The zero-order valence-electron chi connectivity index (χ0n) is 14.3. The van der Waals surface area contributed by atoms with E-state index in [1.54, 1.807) is 6.07 Å². The van der Waals surface area contributed by atoms with E-state index in [9.17, 15) is 14.9 Å². The molecular weight excluding hydrogens is 362 g/mol. The molecule has 0 saturated carbocycles. The molecule has 0 aliphatic heterocycles. The molecule has 27 heavy (non-hydrogen) atoms. The van der Waals surface area contributed by atoms with Crippen molar-refractivity contribution in [2.45, 2.75) is 0 Å². The Hall–Kier alpha value is -3.25. The summed E-state index contributed by atoms with van der Waals surface area (Å²) in [5.74, 6) is -0.539. The van der Waals surface area contributed by atoms with Gasteiger partial charge in [-0.1, -0.05) is 30.3 Å². The first kappa shape index (κ1) is 17.2. The molecule has 1 aromatic heterocycles. The number of esters is 1. The summed E-state index contributed by atoms with van der Waals surface area (Å²) in [7, 11) is -0.296. The Balaban J connectivity index is 1.78. The second-order valence-electron chi connectivity index (χ2n) is 6.02. The second-order valence-corrected chi connectivity index (χ2v) is 7.98. The summed E-state index contributed by atoms with van der Waals surface area (Å²) in [5.41, 5.74) is 0.408. The highest BCUT2D eigenvalue weighted by Gasteiger charge is 2.24. The van der Waals surface area contributed by atoms with Gasteiger partial charge in [0.05, 0.1) is 5.56 Å². The maximum absolute atomic E-state index is 12.2. The number of carbonyl (C=O) groups is 1. The van der Waals surface area contributed by atoms with Gasteiger partial charge < -0.3 is 4.74 Å². The van der Waals surface area contributed by atoms with Crippen LogP contribution >= 0.6 is 10.5 Å². The van der Waals surface area contributed by atoms with E-state index in [1.165, 1.54) is 20.2 Å². The molecule has 0 bridgehead atoms. The summed E-state index contributed by atoms with van der Waals surface area (Å²) in [6.07, 6.45) is 0. The molecule has 5 nitrogen and oxygen atoms in total. The van der Waals surface area contributed by atoms with E-state index < -0.39 is 17.4 Å². The first-order valence-electron chi connectivity index (χ1n) is 8.47. The van der Waals surface area contributed by atoms with Crippen LogP contribution in [0.1, 0.15) is 10.4 Å². The zero-order valence-corrected chi connectivity index (χ0v) is 15.1. The van der Waals surface area contributed by atoms with Crippen LogP contribution < -0.4 is 0 Å². The van der Waals surface area contributed by atoms with Crippen LogP contribution in [-0.4, -0.2) is 24.0 Å². The highest BCUT2D eigenvalue weighted by atomic mass is 32.2. The van der Waals surface area contributed by atoms with E-state index in [0.29, 0.717) is 5.56 Å². The highest BCUT2D eigenvalue weighted by molar-refractivity contribution is 7.50. The minimum Gasteiger partial charge on any atom is -0.455 e. The van der Waals surface area contributed by atoms with Crippen LogP contribution in [0.3, 0.4) is 0 Å². The average Bonchev–Trinajstić information content (AvgIpc) is 3.02. The highest BCUT2D eigenvalue weighted by Crippen LogP contribution is 2.48. The van der Waals surface area contributed by atoms with Gasteiger partial charge in [0.25, 0.3) is 0 Å². The molecule has 0 aliphatic rings. The van der Waals surface area contributed by atoms with E-state index in [2.05, 4.69) is 24.3 Å². The summed E-state index contributed by atoms with van der Waals surface area (Å²) in [6, 6.07) is 24.0. The summed E-state index contributed by atoms with van der Waals surface area (Å²) >= 11 is 0. The van der Waals surface area contributed by atoms with Crippen molar-refractivity contribution >= 4 is 36.6 Å². The van der Waals surface area contributed by atoms with Crippen molar-refractivity contribution in [3.63, 3.8) is 0 Å². The van der Waals surface area contributed by atoms with Crippen LogP contribution in [0.15, 0.2) is 72.8 Å². The topological polar surface area (TPSA) is 69.4 Å². The Morgan fingerprint density at radius 3 is 2.19 bits per heavy atom. The van der Waals surface area contributed by atoms with Gasteiger partial charge in [-0.3, -0.25) is 10.1 Å². The van der Waals surface area contributed by atoms with E-state index >= 15 is 0 Å².